The third-order valence-electron chi connectivity index (χ3n) is 0.866. The van der Waals surface area contributed by atoms with Crippen LogP contribution in [0.3, 0.4) is 0 Å². The van der Waals surface area contributed by atoms with Crippen molar-refractivity contribution in [2.75, 3.05) is 28.2 Å². The SMILES string of the molecule is CC1CC1.C[N+](C)(C)C. The standard InChI is InChI=1S/C4H12N.C4H8/c1-5(2,3)4;1-4-2-3-4/h1-4H3;4H,2-3H2,1H3/q+1;. The molecule has 0 aromatic heterocycles. The Morgan fingerprint density at radius 3 is 1.11 bits per heavy atom. The van der Waals surface area contributed by atoms with E-state index in [1.54, 1.807) is 0 Å². The van der Waals surface area contributed by atoms with Crippen LogP contribution in [0.2, 0.25) is 0 Å². The number of rotatable bonds is 0. The average Bonchev–Trinajstić information content (AvgIpc) is 2.13. The minimum atomic E-state index is 1.00. The second kappa shape index (κ2) is 3.21. The van der Waals surface area contributed by atoms with Gasteiger partial charge in [0, 0.05) is 0 Å². The van der Waals surface area contributed by atoms with Gasteiger partial charge in [0.2, 0.25) is 0 Å². The van der Waals surface area contributed by atoms with Crippen LogP contribution >= 0.6 is 0 Å². The Labute approximate surface area is 59.3 Å². The summed E-state index contributed by atoms with van der Waals surface area (Å²) in [5.74, 6) is 1.08. The first kappa shape index (κ1) is 8.96. The molecule has 0 atom stereocenters. The summed E-state index contributed by atoms with van der Waals surface area (Å²) in [5.41, 5.74) is 0. The van der Waals surface area contributed by atoms with E-state index in [9.17, 15) is 0 Å². The maximum Gasteiger partial charge on any atom is 0.0675 e. The summed E-state index contributed by atoms with van der Waals surface area (Å²) in [6, 6.07) is 0. The molecule has 0 aromatic rings. The molecular weight excluding hydrogens is 110 g/mol. The van der Waals surface area contributed by atoms with Crippen LogP contribution in [-0.2, 0) is 0 Å². The number of hydrogen-bond donors (Lipinski definition) is 0. The summed E-state index contributed by atoms with van der Waals surface area (Å²) in [6.45, 7) is 2.28. The van der Waals surface area contributed by atoms with Gasteiger partial charge in [-0.05, 0) is 5.92 Å². The molecule has 0 aliphatic heterocycles. The molecule has 1 saturated carbocycles. The summed E-state index contributed by atoms with van der Waals surface area (Å²) in [7, 11) is 8.50. The minimum absolute atomic E-state index is 1.00. The van der Waals surface area contributed by atoms with Gasteiger partial charge in [0.25, 0.3) is 0 Å². The largest absolute Gasteiger partial charge is 0.333 e. The van der Waals surface area contributed by atoms with E-state index in [0.717, 1.165) is 10.4 Å². The van der Waals surface area contributed by atoms with Crippen LogP contribution in [0, 0.1) is 5.92 Å². The Balaban J connectivity index is 0.000000144. The zero-order chi connectivity index (χ0) is 7.49. The summed E-state index contributed by atoms with van der Waals surface area (Å²) in [5, 5.41) is 0. The molecule has 1 heteroatoms. The molecule has 1 rings (SSSR count). The van der Waals surface area contributed by atoms with Crippen molar-refractivity contribution in [1.29, 1.82) is 0 Å². The van der Waals surface area contributed by atoms with E-state index in [1.165, 1.54) is 12.8 Å². The van der Waals surface area contributed by atoms with Crippen molar-refractivity contribution in [2.45, 2.75) is 19.8 Å². The molecule has 9 heavy (non-hydrogen) atoms. The molecule has 0 radical (unpaired) electrons. The van der Waals surface area contributed by atoms with E-state index in [0.29, 0.717) is 0 Å². The van der Waals surface area contributed by atoms with Crippen molar-refractivity contribution in [3.05, 3.63) is 0 Å². The fourth-order valence-electron chi connectivity index (χ4n) is 0.167. The highest BCUT2D eigenvalue weighted by atomic mass is 15.2. The molecule has 1 fully saturated rings. The van der Waals surface area contributed by atoms with Crippen LogP contribution in [-0.4, -0.2) is 32.7 Å². The predicted octanol–water partition coefficient (Wildman–Crippen LogP) is 1.74. The quantitative estimate of drug-likeness (QED) is 0.438. The van der Waals surface area contributed by atoms with Gasteiger partial charge in [-0.3, -0.25) is 0 Å². The van der Waals surface area contributed by atoms with Gasteiger partial charge in [0.1, 0.15) is 0 Å². The second-order valence-electron chi connectivity index (χ2n) is 4.37. The molecule has 1 nitrogen and oxygen atoms in total. The van der Waals surface area contributed by atoms with Crippen molar-refractivity contribution in [1.82, 2.24) is 0 Å². The molecule has 0 saturated heterocycles. The Kier molecular flexibility index (Phi) is 3.20. The summed E-state index contributed by atoms with van der Waals surface area (Å²) in [6.07, 6.45) is 2.97. The van der Waals surface area contributed by atoms with Crippen LogP contribution in [0.15, 0.2) is 0 Å². The van der Waals surface area contributed by atoms with Crippen molar-refractivity contribution in [3.8, 4) is 0 Å². The third-order valence-corrected chi connectivity index (χ3v) is 0.866. The Bertz CT molecular complexity index is 61.1. The molecule has 1 aliphatic rings. The van der Waals surface area contributed by atoms with Gasteiger partial charge in [0.05, 0.1) is 28.2 Å². The van der Waals surface area contributed by atoms with Crippen LogP contribution in [0.1, 0.15) is 19.8 Å². The zero-order valence-electron chi connectivity index (χ0n) is 7.44. The van der Waals surface area contributed by atoms with Gasteiger partial charge < -0.3 is 4.48 Å². The number of nitrogens with zero attached hydrogens (tertiary/aromatic N) is 1. The average molecular weight is 130 g/mol. The molecule has 0 spiro atoms. The number of hydrogen-bond acceptors (Lipinski definition) is 0. The molecular formula is C8H20N+. The first-order valence-corrected chi connectivity index (χ1v) is 3.68. The normalized spacial score (nSPS) is 18.3. The van der Waals surface area contributed by atoms with Gasteiger partial charge >= 0.3 is 0 Å². The van der Waals surface area contributed by atoms with Crippen LogP contribution in [0.4, 0.5) is 0 Å². The maximum atomic E-state index is 2.28. The third kappa shape index (κ3) is 32.3. The summed E-state index contributed by atoms with van der Waals surface area (Å²) >= 11 is 0. The van der Waals surface area contributed by atoms with Gasteiger partial charge in [-0.2, -0.15) is 0 Å². The van der Waals surface area contributed by atoms with E-state index in [-0.39, 0.29) is 0 Å². The molecule has 0 heterocycles. The highest BCUT2D eigenvalue weighted by molar-refractivity contribution is 4.65. The smallest absolute Gasteiger partial charge is 0.0675 e. The van der Waals surface area contributed by atoms with Crippen LogP contribution in [0.5, 0.6) is 0 Å². The van der Waals surface area contributed by atoms with Crippen molar-refractivity contribution >= 4 is 0 Å². The van der Waals surface area contributed by atoms with Gasteiger partial charge in [-0.1, -0.05) is 19.8 Å². The van der Waals surface area contributed by atoms with Crippen molar-refractivity contribution in [2.24, 2.45) is 5.92 Å². The molecule has 56 valence electrons. The Hall–Kier alpha value is -0.0400. The fraction of sp³-hybridized carbons (Fsp3) is 1.00. The minimum Gasteiger partial charge on any atom is -0.333 e. The van der Waals surface area contributed by atoms with E-state index < -0.39 is 0 Å². The highest BCUT2D eigenvalue weighted by Crippen LogP contribution is 2.26. The van der Waals surface area contributed by atoms with Gasteiger partial charge in [-0.25, -0.2) is 0 Å². The van der Waals surface area contributed by atoms with Crippen molar-refractivity contribution < 1.29 is 4.48 Å². The molecule has 0 N–H and O–H groups in total. The highest BCUT2D eigenvalue weighted by Gasteiger charge is 2.12. The lowest BCUT2D eigenvalue weighted by Gasteiger charge is -2.14. The van der Waals surface area contributed by atoms with Crippen LogP contribution < -0.4 is 0 Å². The van der Waals surface area contributed by atoms with Gasteiger partial charge in [0.15, 0.2) is 0 Å². The zero-order valence-corrected chi connectivity index (χ0v) is 7.44. The van der Waals surface area contributed by atoms with E-state index in [2.05, 4.69) is 35.1 Å². The lowest BCUT2D eigenvalue weighted by molar-refractivity contribution is -0.849. The van der Waals surface area contributed by atoms with E-state index in [4.69, 9.17) is 0 Å². The maximum absolute atomic E-state index is 2.28. The lowest BCUT2D eigenvalue weighted by atomic mass is 10.5. The Morgan fingerprint density at radius 2 is 1.11 bits per heavy atom. The lowest BCUT2D eigenvalue weighted by Crippen LogP contribution is -2.27. The van der Waals surface area contributed by atoms with Gasteiger partial charge in [-0.15, -0.1) is 0 Å². The molecule has 0 bridgehead atoms. The van der Waals surface area contributed by atoms with Crippen LogP contribution in [0.25, 0.3) is 0 Å². The fourth-order valence-corrected chi connectivity index (χ4v) is 0.167. The molecule has 0 amide bonds. The molecule has 1 aliphatic carbocycles. The van der Waals surface area contributed by atoms with Crippen molar-refractivity contribution in [3.63, 3.8) is 0 Å². The number of quaternary nitrogens is 1. The summed E-state index contributed by atoms with van der Waals surface area (Å²) < 4.78 is 1.00. The second-order valence-corrected chi connectivity index (χ2v) is 4.37. The van der Waals surface area contributed by atoms with E-state index in [1.807, 2.05) is 0 Å². The Morgan fingerprint density at radius 1 is 1.00 bits per heavy atom. The van der Waals surface area contributed by atoms with E-state index >= 15 is 0 Å². The molecule has 0 aromatic carbocycles. The topological polar surface area (TPSA) is 0 Å². The first-order chi connectivity index (χ1) is 3.89. The summed E-state index contributed by atoms with van der Waals surface area (Å²) in [4.78, 5) is 0. The predicted molar refractivity (Wildman–Crippen MR) is 42.4 cm³/mol. The first-order valence-electron chi connectivity index (χ1n) is 3.68. The monoisotopic (exact) mass is 130 g/mol. The molecule has 0 unspecified atom stereocenters.